The summed E-state index contributed by atoms with van der Waals surface area (Å²) in [5, 5.41) is 5.17. The Kier molecular flexibility index (Phi) is 7.26. The molecule has 2 atom stereocenters. The van der Waals surface area contributed by atoms with E-state index in [1.165, 1.54) is 6.07 Å². The molecule has 5 nitrogen and oxygen atoms in total. The van der Waals surface area contributed by atoms with Gasteiger partial charge >= 0.3 is 0 Å². The predicted molar refractivity (Wildman–Crippen MR) is 137 cm³/mol. The minimum atomic E-state index is -1.40. The number of pyridine rings is 1. The van der Waals surface area contributed by atoms with Crippen molar-refractivity contribution in [3.8, 4) is 11.3 Å². The van der Waals surface area contributed by atoms with Gasteiger partial charge in [0.1, 0.15) is 20.9 Å². The van der Waals surface area contributed by atoms with Crippen molar-refractivity contribution in [3.63, 3.8) is 0 Å². The average molecular weight is 595 g/mol. The first-order valence-corrected chi connectivity index (χ1v) is 13.0. The molecule has 0 saturated carbocycles. The van der Waals surface area contributed by atoms with Gasteiger partial charge in [0.2, 0.25) is 0 Å². The van der Waals surface area contributed by atoms with E-state index < -0.39 is 28.0 Å². The van der Waals surface area contributed by atoms with Crippen molar-refractivity contribution in [2.24, 2.45) is 0 Å². The SMILES string of the molecule is CC(C)(C)[S@+]([O-])NC(Cc1nc(Br)ccc1F)c1ccccc1-c1noc2cc(Br)ccc12. The van der Waals surface area contributed by atoms with Gasteiger partial charge in [-0.2, -0.15) is 0 Å². The molecule has 0 aliphatic rings. The Hall–Kier alpha value is -1.78. The van der Waals surface area contributed by atoms with Crippen molar-refractivity contribution < 1.29 is 13.5 Å². The van der Waals surface area contributed by atoms with Crippen molar-refractivity contribution >= 4 is 54.2 Å². The predicted octanol–water partition coefficient (Wildman–Crippen LogP) is 6.89. The standard InChI is InChI=1S/C24H22Br2FN3O2S/c1-24(2,3)33(31)30-19(13-20-18(27)10-11-22(26)28-20)15-6-4-5-7-16(15)23-17-9-8-14(25)12-21(17)32-29-23/h4-12,19,30H,13H2,1-3H3/t19?,33-/m0/s1. The highest BCUT2D eigenvalue weighted by atomic mass is 79.9. The molecule has 172 valence electrons. The molecule has 9 heteroatoms. The molecule has 1 unspecified atom stereocenters. The van der Waals surface area contributed by atoms with Crippen LogP contribution in [0.25, 0.3) is 22.2 Å². The number of aromatic nitrogens is 2. The highest BCUT2D eigenvalue weighted by Gasteiger charge is 2.32. The number of fused-ring (bicyclic) bond motifs is 1. The summed E-state index contributed by atoms with van der Waals surface area (Å²) in [7, 11) is 0. The monoisotopic (exact) mass is 593 g/mol. The molecule has 4 rings (SSSR count). The Bertz CT molecular complexity index is 1290. The number of nitrogens with one attached hydrogen (secondary N) is 1. The molecule has 2 heterocycles. The number of nitrogens with zero attached hydrogens (tertiary/aromatic N) is 2. The highest BCUT2D eigenvalue weighted by molar-refractivity contribution is 9.10. The van der Waals surface area contributed by atoms with Gasteiger partial charge in [0.15, 0.2) is 5.58 Å². The van der Waals surface area contributed by atoms with Crippen LogP contribution in [0.5, 0.6) is 0 Å². The van der Waals surface area contributed by atoms with Crippen LogP contribution in [0.4, 0.5) is 4.39 Å². The zero-order chi connectivity index (χ0) is 23.8. The summed E-state index contributed by atoms with van der Waals surface area (Å²) < 4.78 is 37.4. The van der Waals surface area contributed by atoms with E-state index in [0.717, 1.165) is 21.0 Å². The van der Waals surface area contributed by atoms with Crippen LogP contribution in [0.15, 0.2) is 68.2 Å². The van der Waals surface area contributed by atoms with Crippen molar-refractivity contribution in [1.29, 1.82) is 0 Å². The van der Waals surface area contributed by atoms with Crippen molar-refractivity contribution in [2.75, 3.05) is 0 Å². The number of benzene rings is 2. The van der Waals surface area contributed by atoms with E-state index in [1.807, 2.05) is 63.2 Å². The molecule has 2 aromatic carbocycles. The van der Waals surface area contributed by atoms with Crippen LogP contribution in [0.1, 0.15) is 38.1 Å². The molecule has 0 spiro atoms. The summed E-state index contributed by atoms with van der Waals surface area (Å²) in [6.07, 6.45) is 0.200. The first-order valence-electron chi connectivity index (χ1n) is 10.3. The Balaban J connectivity index is 1.82. The van der Waals surface area contributed by atoms with E-state index in [-0.39, 0.29) is 12.1 Å². The smallest absolute Gasteiger partial charge is 0.168 e. The molecule has 0 saturated heterocycles. The van der Waals surface area contributed by atoms with Crippen LogP contribution in [-0.4, -0.2) is 19.4 Å². The third kappa shape index (κ3) is 5.49. The second-order valence-electron chi connectivity index (χ2n) is 8.58. The van der Waals surface area contributed by atoms with Gasteiger partial charge in [-0.1, -0.05) is 45.4 Å². The van der Waals surface area contributed by atoms with Crippen LogP contribution < -0.4 is 4.72 Å². The lowest BCUT2D eigenvalue weighted by atomic mass is 9.94. The Labute approximate surface area is 211 Å². The van der Waals surface area contributed by atoms with Crippen LogP contribution in [-0.2, 0) is 17.8 Å². The van der Waals surface area contributed by atoms with Crippen LogP contribution >= 0.6 is 31.9 Å². The van der Waals surface area contributed by atoms with Crippen molar-refractivity contribution in [3.05, 3.63) is 80.7 Å². The van der Waals surface area contributed by atoms with Crippen molar-refractivity contribution in [1.82, 2.24) is 14.9 Å². The fraction of sp³-hybridized carbons (Fsp3) is 0.250. The third-order valence-electron chi connectivity index (χ3n) is 5.11. The van der Waals surface area contributed by atoms with E-state index in [4.69, 9.17) is 4.52 Å². The molecular formula is C24H22Br2FN3O2S. The van der Waals surface area contributed by atoms with E-state index in [2.05, 4.69) is 46.7 Å². The molecule has 33 heavy (non-hydrogen) atoms. The summed E-state index contributed by atoms with van der Waals surface area (Å²) in [4.78, 5) is 4.32. The van der Waals surface area contributed by atoms with E-state index in [1.54, 1.807) is 6.07 Å². The third-order valence-corrected chi connectivity index (χ3v) is 7.66. The Morgan fingerprint density at radius 1 is 1.12 bits per heavy atom. The van der Waals surface area contributed by atoms with Crippen LogP contribution in [0.2, 0.25) is 0 Å². The van der Waals surface area contributed by atoms with Gasteiger partial charge in [-0.05, 0) is 72.6 Å². The van der Waals surface area contributed by atoms with E-state index >= 15 is 0 Å². The van der Waals surface area contributed by atoms with Gasteiger partial charge in [0.05, 0.1) is 11.7 Å². The molecule has 0 amide bonds. The molecule has 0 bridgehead atoms. The van der Waals surface area contributed by atoms with Gasteiger partial charge in [0, 0.05) is 33.2 Å². The fourth-order valence-corrected chi connectivity index (χ4v) is 4.95. The van der Waals surface area contributed by atoms with E-state index in [9.17, 15) is 8.94 Å². The lowest BCUT2D eigenvalue weighted by Crippen LogP contribution is -2.42. The molecule has 0 radical (unpaired) electrons. The molecule has 2 aromatic heterocycles. The Morgan fingerprint density at radius 3 is 2.64 bits per heavy atom. The van der Waals surface area contributed by atoms with Gasteiger partial charge in [-0.15, -0.1) is 4.72 Å². The summed E-state index contributed by atoms with van der Waals surface area (Å²) in [6.45, 7) is 5.67. The van der Waals surface area contributed by atoms with Crippen LogP contribution in [0.3, 0.4) is 0 Å². The molecular weight excluding hydrogens is 573 g/mol. The number of hydrogen-bond acceptors (Lipinski definition) is 5. The molecule has 1 N–H and O–H groups in total. The zero-order valence-electron chi connectivity index (χ0n) is 18.2. The maximum absolute atomic E-state index is 14.6. The summed E-state index contributed by atoms with van der Waals surface area (Å²) in [5.74, 6) is -0.416. The van der Waals surface area contributed by atoms with Crippen LogP contribution in [0, 0.1) is 5.82 Å². The number of rotatable bonds is 6. The number of halogens is 3. The minimum Gasteiger partial charge on any atom is -0.598 e. The largest absolute Gasteiger partial charge is 0.598 e. The van der Waals surface area contributed by atoms with Crippen molar-refractivity contribution in [2.45, 2.75) is 38.0 Å². The summed E-state index contributed by atoms with van der Waals surface area (Å²) in [5.41, 5.74) is 3.24. The molecule has 0 fully saturated rings. The quantitative estimate of drug-likeness (QED) is 0.194. The first-order chi connectivity index (χ1) is 15.6. The maximum atomic E-state index is 14.6. The highest BCUT2D eigenvalue weighted by Crippen LogP contribution is 2.36. The average Bonchev–Trinajstić information content (AvgIpc) is 3.18. The zero-order valence-corrected chi connectivity index (χ0v) is 22.2. The van der Waals surface area contributed by atoms with Gasteiger partial charge in [-0.3, -0.25) is 0 Å². The number of hydrogen-bond donors (Lipinski definition) is 1. The lowest BCUT2D eigenvalue weighted by Gasteiger charge is -2.29. The molecule has 0 aliphatic heterocycles. The Morgan fingerprint density at radius 2 is 1.88 bits per heavy atom. The van der Waals surface area contributed by atoms with Gasteiger partial charge in [0.25, 0.3) is 0 Å². The molecule has 4 aromatic rings. The summed E-state index contributed by atoms with van der Waals surface area (Å²) >= 11 is 5.37. The van der Waals surface area contributed by atoms with E-state index in [0.29, 0.717) is 15.9 Å². The topological polar surface area (TPSA) is 74.0 Å². The fourth-order valence-electron chi connectivity index (χ4n) is 3.44. The minimum absolute atomic E-state index is 0.200. The lowest BCUT2D eigenvalue weighted by molar-refractivity contribution is 0.459. The second-order valence-corrected chi connectivity index (χ2v) is 12.3. The molecule has 0 aliphatic carbocycles. The first kappa shape index (κ1) is 24.3. The normalized spacial score (nSPS) is 13.9. The van der Waals surface area contributed by atoms with Gasteiger partial charge < -0.3 is 9.08 Å². The maximum Gasteiger partial charge on any atom is 0.168 e. The second kappa shape index (κ2) is 9.84. The van der Waals surface area contributed by atoms with Gasteiger partial charge in [-0.25, -0.2) is 9.37 Å². The summed E-state index contributed by atoms with van der Waals surface area (Å²) in [6, 6.07) is 15.9.